The van der Waals surface area contributed by atoms with Crippen molar-refractivity contribution < 1.29 is 9.72 Å². The van der Waals surface area contributed by atoms with E-state index < -0.39 is 10.8 Å². The highest BCUT2D eigenvalue weighted by Gasteiger charge is 2.16. The van der Waals surface area contributed by atoms with E-state index in [1.165, 1.54) is 23.5 Å². The number of anilines is 1. The number of amides is 1. The molecule has 0 radical (unpaired) electrons. The molecule has 2 rings (SSSR count). The Bertz CT molecular complexity index is 612. The van der Waals surface area contributed by atoms with Gasteiger partial charge in [0.05, 0.1) is 17.0 Å². The van der Waals surface area contributed by atoms with Crippen LogP contribution in [0.3, 0.4) is 0 Å². The highest BCUT2D eigenvalue weighted by Crippen LogP contribution is 2.26. The third kappa shape index (κ3) is 3.05. The van der Waals surface area contributed by atoms with Gasteiger partial charge in [0.1, 0.15) is 5.69 Å². The molecular weight excluding hydrogens is 268 g/mol. The van der Waals surface area contributed by atoms with Crippen LogP contribution in [0, 0.1) is 10.1 Å². The highest BCUT2D eigenvalue weighted by molar-refractivity contribution is 7.09. The summed E-state index contributed by atoms with van der Waals surface area (Å²) >= 11 is 1.45. The molecule has 1 aromatic heterocycles. The van der Waals surface area contributed by atoms with Crippen molar-refractivity contribution in [3.63, 3.8) is 0 Å². The van der Waals surface area contributed by atoms with Crippen LogP contribution in [-0.4, -0.2) is 15.8 Å². The minimum Gasteiger partial charge on any atom is -0.375 e. The van der Waals surface area contributed by atoms with Crippen LogP contribution >= 0.6 is 11.3 Å². The molecule has 98 valence electrons. The van der Waals surface area contributed by atoms with Crippen LogP contribution in [0.25, 0.3) is 0 Å². The Balaban J connectivity index is 2.24. The number of nitrogens with two attached hydrogens (primary N) is 1. The first-order valence-corrected chi connectivity index (χ1v) is 6.15. The van der Waals surface area contributed by atoms with E-state index in [0.717, 1.165) is 10.9 Å². The lowest BCUT2D eigenvalue weighted by molar-refractivity contribution is -0.384. The number of nitrogens with one attached hydrogen (secondary N) is 1. The molecule has 1 heterocycles. The van der Waals surface area contributed by atoms with E-state index in [-0.39, 0.29) is 11.3 Å². The van der Waals surface area contributed by atoms with Gasteiger partial charge in [-0.3, -0.25) is 19.9 Å². The molecule has 0 atom stereocenters. The molecule has 0 spiro atoms. The molecule has 0 unspecified atom stereocenters. The molecule has 0 aliphatic carbocycles. The molecule has 7 nitrogen and oxygen atoms in total. The third-order valence-corrected chi connectivity index (χ3v) is 3.20. The van der Waals surface area contributed by atoms with E-state index in [2.05, 4.69) is 10.3 Å². The van der Waals surface area contributed by atoms with Crippen LogP contribution in [0.15, 0.2) is 29.9 Å². The minimum atomic E-state index is -0.697. The van der Waals surface area contributed by atoms with Crippen molar-refractivity contribution in [2.75, 3.05) is 5.32 Å². The Morgan fingerprint density at radius 3 is 2.89 bits per heavy atom. The fraction of sp³-hybridized carbons (Fsp3) is 0.0909. The third-order valence-electron chi connectivity index (χ3n) is 2.42. The van der Waals surface area contributed by atoms with E-state index in [9.17, 15) is 14.9 Å². The number of primary amides is 1. The van der Waals surface area contributed by atoms with Crippen molar-refractivity contribution in [2.45, 2.75) is 6.54 Å². The molecule has 19 heavy (non-hydrogen) atoms. The van der Waals surface area contributed by atoms with Gasteiger partial charge < -0.3 is 11.1 Å². The van der Waals surface area contributed by atoms with Crippen LogP contribution in [0.1, 0.15) is 15.2 Å². The van der Waals surface area contributed by atoms with Gasteiger partial charge in [-0.25, -0.2) is 0 Å². The molecule has 2 aromatic rings. The van der Waals surface area contributed by atoms with Gasteiger partial charge in [-0.15, -0.1) is 11.3 Å². The summed E-state index contributed by atoms with van der Waals surface area (Å²) in [6.45, 7) is 0.432. The van der Waals surface area contributed by atoms with Crippen molar-refractivity contribution in [1.29, 1.82) is 0 Å². The van der Waals surface area contributed by atoms with Crippen molar-refractivity contribution >= 4 is 28.6 Å². The average Bonchev–Trinajstić information content (AvgIpc) is 2.89. The molecule has 0 aliphatic heterocycles. The van der Waals surface area contributed by atoms with Gasteiger partial charge in [-0.05, 0) is 12.1 Å². The maximum absolute atomic E-state index is 11.0. The minimum absolute atomic E-state index is 0.107. The number of nitrogens with zero attached hydrogens (tertiary/aromatic N) is 2. The van der Waals surface area contributed by atoms with Gasteiger partial charge in [0.25, 0.3) is 5.69 Å². The van der Waals surface area contributed by atoms with Crippen LogP contribution in [0.4, 0.5) is 11.4 Å². The fourth-order valence-corrected chi connectivity index (χ4v) is 2.03. The number of benzene rings is 1. The van der Waals surface area contributed by atoms with Crippen molar-refractivity contribution in [1.82, 2.24) is 4.98 Å². The monoisotopic (exact) mass is 278 g/mol. The van der Waals surface area contributed by atoms with E-state index in [1.807, 2.05) is 0 Å². The first-order chi connectivity index (χ1) is 9.08. The number of carbonyl (C=O) groups excluding carboxylic acids is 1. The molecule has 0 saturated carbocycles. The standard InChI is InChI=1S/C11H10N4O3S/c12-11(16)7-1-2-9(10(3-7)15(17)18)14-5-8-4-13-6-19-8/h1-4,6,14H,5H2,(H2,12,16). The normalized spacial score (nSPS) is 10.1. The Hall–Kier alpha value is -2.48. The summed E-state index contributed by atoms with van der Waals surface area (Å²) in [5, 5.41) is 13.9. The summed E-state index contributed by atoms with van der Waals surface area (Å²) in [5.74, 6) is -0.697. The molecule has 0 bridgehead atoms. The second-order valence-electron chi connectivity index (χ2n) is 3.67. The van der Waals surface area contributed by atoms with E-state index in [1.54, 1.807) is 11.7 Å². The Morgan fingerprint density at radius 1 is 1.53 bits per heavy atom. The average molecular weight is 278 g/mol. The van der Waals surface area contributed by atoms with Gasteiger partial charge in [0, 0.05) is 22.7 Å². The second-order valence-corrected chi connectivity index (χ2v) is 4.65. The number of nitro benzene ring substituents is 1. The summed E-state index contributed by atoms with van der Waals surface area (Å²) in [5.41, 5.74) is 7.04. The van der Waals surface area contributed by atoms with Crippen LogP contribution < -0.4 is 11.1 Å². The van der Waals surface area contributed by atoms with Gasteiger partial charge in [-0.1, -0.05) is 0 Å². The summed E-state index contributed by atoms with van der Waals surface area (Å²) in [4.78, 5) is 26.3. The van der Waals surface area contributed by atoms with Gasteiger partial charge in [0.15, 0.2) is 0 Å². The fourth-order valence-electron chi connectivity index (χ4n) is 1.50. The summed E-state index contributed by atoms with van der Waals surface area (Å²) in [7, 11) is 0. The molecule has 1 aromatic carbocycles. The molecule has 8 heteroatoms. The number of nitro groups is 1. The summed E-state index contributed by atoms with van der Waals surface area (Å²) in [6, 6.07) is 4.08. The lowest BCUT2D eigenvalue weighted by Crippen LogP contribution is -2.12. The number of carbonyl (C=O) groups is 1. The van der Waals surface area contributed by atoms with Crippen LogP contribution in [0.2, 0.25) is 0 Å². The number of hydrogen-bond donors (Lipinski definition) is 2. The van der Waals surface area contributed by atoms with Crippen molar-refractivity contribution in [3.05, 3.63) is 50.5 Å². The molecular formula is C11H10N4O3S. The molecule has 3 N–H and O–H groups in total. The van der Waals surface area contributed by atoms with E-state index in [0.29, 0.717) is 12.2 Å². The van der Waals surface area contributed by atoms with Gasteiger partial charge >= 0.3 is 0 Å². The first-order valence-electron chi connectivity index (χ1n) is 5.27. The Morgan fingerprint density at radius 2 is 2.32 bits per heavy atom. The van der Waals surface area contributed by atoms with Crippen LogP contribution in [-0.2, 0) is 6.54 Å². The smallest absolute Gasteiger partial charge is 0.293 e. The largest absolute Gasteiger partial charge is 0.375 e. The quantitative estimate of drug-likeness (QED) is 0.639. The first kappa shape index (κ1) is 13.0. The number of thiazole rings is 1. The van der Waals surface area contributed by atoms with Crippen molar-refractivity contribution in [2.24, 2.45) is 5.73 Å². The van der Waals surface area contributed by atoms with E-state index in [4.69, 9.17) is 5.73 Å². The predicted molar refractivity (Wildman–Crippen MR) is 71.1 cm³/mol. The Labute approximate surface area is 112 Å². The van der Waals surface area contributed by atoms with E-state index >= 15 is 0 Å². The summed E-state index contributed by atoms with van der Waals surface area (Å²) in [6.07, 6.45) is 1.68. The molecule has 0 saturated heterocycles. The van der Waals surface area contributed by atoms with Gasteiger partial charge in [0.2, 0.25) is 5.91 Å². The zero-order valence-corrected chi connectivity index (χ0v) is 10.5. The maximum atomic E-state index is 11.0. The molecule has 0 aliphatic rings. The van der Waals surface area contributed by atoms with Crippen molar-refractivity contribution in [3.8, 4) is 0 Å². The Kier molecular flexibility index (Phi) is 3.71. The highest BCUT2D eigenvalue weighted by atomic mass is 32.1. The topological polar surface area (TPSA) is 111 Å². The molecule has 1 amide bonds. The van der Waals surface area contributed by atoms with Gasteiger partial charge in [-0.2, -0.15) is 0 Å². The molecule has 0 fully saturated rings. The predicted octanol–water partition coefficient (Wildman–Crippen LogP) is 1.76. The maximum Gasteiger partial charge on any atom is 0.293 e. The number of aromatic nitrogens is 1. The zero-order valence-electron chi connectivity index (χ0n) is 9.70. The zero-order chi connectivity index (χ0) is 13.8. The second kappa shape index (κ2) is 5.44. The van der Waals surface area contributed by atoms with Crippen LogP contribution in [0.5, 0.6) is 0 Å². The lowest BCUT2D eigenvalue weighted by Gasteiger charge is -2.06. The summed E-state index contributed by atoms with van der Waals surface area (Å²) < 4.78 is 0. The number of hydrogen-bond acceptors (Lipinski definition) is 6. The SMILES string of the molecule is NC(=O)c1ccc(NCc2cncs2)c([N+](=O)[O-])c1. The lowest BCUT2D eigenvalue weighted by atomic mass is 10.1. The number of rotatable bonds is 5.